The number of hydrogen-bond donors (Lipinski definition) is 2. The van der Waals surface area contributed by atoms with Crippen molar-refractivity contribution in [3.63, 3.8) is 0 Å². The molecule has 0 saturated heterocycles. The molecule has 0 aliphatic rings. The van der Waals surface area contributed by atoms with Crippen LogP contribution in [0.15, 0.2) is 30.6 Å². The van der Waals surface area contributed by atoms with Crippen LogP contribution in [0.2, 0.25) is 0 Å². The predicted molar refractivity (Wildman–Crippen MR) is 69.2 cm³/mol. The van der Waals surface area contributed by atoms with E-state index in [2.05, 4.69) is 22.3 Å². The number of rotatable bonds is 5. The summed E-state index contributed by atoms with van der Waals surface area (Å²) in [5.74, 6) is 0.236. The molecule has 18 heavy (non-hydrogen) atoms. The molecule has 5 heteroatoms. The summed E-state index contributed by atoms with van der Waals surface area (Å²) in [5.41, 5.74) is 1.59. The number of aromatic hydroxyl groups is 1. The van der Waals surface area contributed by atoms with Crippen LogP contribution in [0, 0.1) is 6.92 Å². The van der Waals surface area contributed by atoms with E-state index in [0.717, 1.165) is 12.2 Å². The van der Waals surface area contributed by atoms with Crippen molar-refractivity contribution in [2.24, 2.45) is 0 Å². The largest absolute Gasteiger partial charge is 0.506 e. The van der Waals surface area contributed by atoms with Gasteiger partial charge in [-0.05, 0) is 32.0 Å². The Kier molecular flexibility index (Phi) is 3.94. The van der Waals surface area contributed by atoms with E-state index in [1.807, 2.05) is 23.9 Å². The molecule has 0 aliphatic carbocycles. The van der Waals surface area contributed by atoms with Crippen molar-refractivity contribution in [3.05, 3.63) is 42.0 Å². The summed E-state index contributed by atoms with van der Waals surface area (Å²) < 4.78 is 1.88. The Labute approximate surface area is 106 Å². The van der Waals surface area contributed by atoms with Gasteiger partial charge in [-0.2, -0.15) is 5.10 Å². The summed E-state index contributed by atoms with van der Waals surface area (Å²) in [7, 11) is 0. The van der Waals surface area contributed by atoms with Gasteiger partial charge >= 0.3 is 0 Å². The fraction of sp³-hybridized carbons (Fsp3) is 0.385. The van der Waals surface area contributed by atoms with E-state index in [1.54, 1.807) is 18.3 Å². The van der Waals surface area contributed by atoms with Crippen molar-refractivity contribution in [2.75, 3.05) is 0 Å². The highest BCUT2D eigenvalue weighted by molar-refractivity contribution is 5.27. The van der Waals surface area contributed by atoms with E-state index in [9.17, 15) is 5.11 Å². The number of nitrogens with zero attached hydrogens (tertiary/aromatic N) is 3. The van der Waals surface area contributed by atoms with E-state index in [-0.39, 0.29) is 11.8 Å². The Balaban J connectivity index is 1.89. The fourth-order valence-corrected chi connectivity index (χ4v) is 1.76. The zero-order valence-corrected chi connectivity index (χ0v) is 10.7. The van der Waals surface area contributed by atoms with Gasteiger partial charge in [0.25, 0.3) is 0 Å². The van der Waals surface area contributed by atoms with Crippen LogP contribution in [-0.2, 0) is 13.1 Å². The topological polar surface area (TPSA) is 63.0 Å². The molecule has 0 aromatic carbocycles. The van der Waals surface area contributed by atoms with E-state index >= 15 is 0 Å². The maximum Gasteiger partial charge on any atom is 0.138 e. The maximum absolute atomic E-state index is 9.68. The summed E-state index contributed by atoms with van der Waals surface area (Å²) in [6, 6.07) is 5.64. The van der Waals surface area contributed by atoms with Crippen molar-refractivity contribution >= 4 is 0 Å². The Hall–Kier alpha value is -1.88. The quantitative estimate of drug-likeness (QED) is 0.838. The first-order valence-corrected chi connectivity index (χ1v) is 6.01. The van der Waals surface area contributed by atoms with Gasteiger partial charge in [0.05, 0.1) is 12.2 Å². The highest BCUT2D eigenvalue weighted by Crippen LogP contribution is 2.14. The van der Waals surface area contributed by atoms with Crippen molar-refractivity contribution in [1.29, 1.82) is 0 Å². The van der Waals surface area contributed by atoms with Crippen LogP contribution in [0.4, 0.5) is 0 Å². The summed E-state index contributed by atoms with van der Waals surface area (Å²) in [6.45, 7) is 5.33. The molecule has 0 amide bonds. The number of pyridine rings is 1. The zero-order valence-electron chi connectivity index (χ0n) is 10.7. The first-order valence-electron chi connectivity index (χ1n) is 6.01. The molecule has 2 aromatic heterocycles. The SMILES string of the molecule is Cc1ccc(O)c(CN[C@@H](C)Cn2cccn2)n1. The van der Waals surface area contributed by atoms with Crippen molar-refractivity contribution in [1.82, 2.24) is 20.1 Å². The van der Waals surface area contributed by atoms with Crippen LogP contribution in [0.5, 0.6) is 5.75 Å². The second kappa shape index (κ2) is 5.64. The highest BCUT2D eigenvalue weighted by Gasteiger charge is 2.06. The Morgan fingerprint density at radius 1 is 1.44 bits per heavy atom. The lowest BCUT2D eigenvalue weighted by Crippen LogP contribution is -2.30. The van der Waals surface area contributed by atoms with Crippen LogP contribution in [0.25, 0.3) is 0 Å². The standard InChI is InChI=1S/C13H18N4O/c1-10-4-5-13(18)12(16-10)8-14-11(2)9-17-7-3-6-15-17/h3-7,11,14,18H,8-9H2,1-2H3/t11-/m0/s1. The highest BCUT2D eigenvalue weighted by atomic mass is 16.3. The molecule has 0 bridgehead atoms. The summed E-state index contributed by atoms with van der Waals surface area (Å²) in [6.07, 6.45) is 3.70. The van der Waals surface area contributed by atoms with Crippen LogP contribution in [0.3, 0.4) is 0 Å². The normalized spacial score (nSPS) is 12.6. The molecule has 5 nitrogen and oxygen atoms in total. The van der Waals surface area contributed by atoms with Gasteiger partial charge in [-0.3, -0.25) is 9.67 Å². The molecular formula is C13H18N4O. The predicted octanol–water partition coefficient (Wildman–Crippen LogP) is 1.47. The second-order valence-corrected chi connectivity index (χ2v) is 4.43. The first-order chi connectivity index (χ1) is 8.65. The van der Waals surface area contributed by atoms with Gasteiger partial charge in [0.2, 0.25) is 0 Å². The third-order valence-corrected chi connectivity index (χ3v) is 2.73. The third kappa shape index (κ3) is 3.30. The minimum Gasteiger partial charge on any atom is -0.506 e. The minimum atomic E-state index is 0.236. The molecule has 96 valence electrons. The van der Waals surface area contributed by atoms with Gasteiger partial charge in [0.1, 0.15) is 5.75 Å². The molecule has 0 fully saturated rings. The van der Waals surface area contributed by atoms with E-state index in [0.29, 0.717) is 12.2 Å². The number of nitrogens with one attached hydrogen (secondary N) is 1. The van der Waals surface area contributed by atoms with E-state index in [4.69, 9.17) is 0 Å². The van der Waals surface area contributed by atoms with Crippen LogP contribution in [-0.4, -0.2) is 25.9 Å². The number of aryl methyl sites for hydroxylation is 1. The molecule has 0 unspecified atom stereocenters. The van der Waals surface area contributed by atoms with Crippen LogP contribution in [0.1, 0.15) is 18.3 Å². The first kappa shape index (κ1) is 12.6. The smallest absolute Gasteiger partial charge is 0.138 e. The number of aromatic nitrogens is 3. The zero-order chi connectivity index (χ0) is 13.0. The molecular weight excluding hydrogens is 228 g/mol. The number of hydrogen-bond acceptors (Lipinski definition) is 4. The van der Waals surface area contributed by atoms with Crippen LogP contribution < -0.4 is 5.32 Å². The molecule has 0 saturated carbocycles. The summed E-state index contributed by atoms with van der Waals surface area (Å²) >= 11 is 0. The Morgan fingerprint density at radius 3 is 3.00 bits per heavy atom. The van der Waals surface area contributed by atoms with Gasteiger partial charge in [0, 0.05) is 30.7 Å². The molecule has 1 atom stereocenters. The summed E-state index contributed by atoms with van der Waals surface area (Å²) in [4.78, 5) is 4.31. The van der Waals surface area contributed by atoms with Crippen molar-refractivity contribution in [2.45, 2.75) is 33.0 Å². The monoisotopic (exact) mass is 246 g/mol. The molecule has 0 aliphatic heterocycles. The Bertz CT molecular complexity index is 496. The lowest BCUT2D eigenvalue weighted by Gasteiger charge is -2.14. The summed E-state index contributed by atoms with van der Waals surface area (Å²) in [5, 5.41) is 17.2. The van der Waals surface area contributed by atoms with E-state index in [1.165, 1.54) is 0 Å². The third-order valence-electron chi connectivity index (χ3n) is 2.73. The maximum atomic E-state index is 9.68. The van der Waals surface area contributed by atoms with Crippen molar-refractivity contribution < 1.29 is 5.11 Å². The minimum absolute atomic E-state index is 0.236. The van der Waals surface area contributed by atoms with Crippen LogP contribution >= 0.6 is 0 Å². The molecule has 2 rings (SSSR count). The fourth-order valence-electron chi connectivity index (χ4n) is 1.76. The van der Waals surface area contributed by atoms with Crippen molar-refractivity contribution in [3.8, 4) is 5.75 Å². The molecule has 0 radical (unpaired) electrons. The van der Waals surface area contributed by atoms with Gasteiger partial charge < -0.3 is 10.4 Å². The average molecular weight is 246 g/mol. The lowest BCUT2D eigenvalue weighted by molar-refractivity contribution is 0.429. The lowest BCUT2D eigenvalue weighted by atomic mass is 10.2. The average Bonchev–Trinajstić information content (AvgIpc) is 2.83. The second-order valence-electron chi connectivity index (χ2n) is 4.43. The molecule has 0 spiro atoms. The van der Waals surface area contributed by atoms with Gasteiger partial charge in [-0.1, -0.05) is 0 Å². The van der Waals surface area contributed by atoms with Gasteiger partial charge in [0.15, 0.2) is 0 Å². The molecule has 2 aromatic rings. The van der Waals surface area contributed by atoms with E-state index < -0.39 is 0 Å². The molecule has 2 heterocycles. The Morgan fingerprint density at radius 2 is 2.28 bits per heavy atom. The molecule has 2 N–H and O–H groups in total. The van der Waals surface area contributed by atoms with Gasteiger partial charge in [-0.25, -0.2) is 0 Å². The van der Waals surface area contributed by atoms with Gasteiger partial charge in [-0.15, -0.1) is 0 Å².